The highest BCUT2D eigenvalue weighted by Crippen LogP contribution is 2.11. The maximum Gasteiger partial charge on any atom is 0.150 e. The molecule has 0 aliphatic rings. The highest BCUT2D eigenvalue weighted by molar-refractivity contribution is 5.75. The Kier molecular flexibility index (Phi) is 4.13. The molecule has 0 fully saturated rings. The lowest BCUT2D eigenvalue weighted by atomic mass is 10.2. The van der Waals surface area contributed by atoms with Crippen molar-refractivity contribution in [2.75, 3.05) is 27.2 Å². The lowest BCUT2D eigenvalue weighted by molar-refractivity contribution is 0.112. The number of carbonyl (C=O) groups is 1. The molecule has 1 rings (SSSR count). The van der Waals surface area contributed by atoms with E-state index in [1.54, 1.807) is 12.1 Å². The maximum atomic E-state index is 10.5. The number of hydrogen-bond acceptors (Lipinski definition) is 3. The molecule has 0 bridgehead atoms. The second kappa shape index (κ2) is 5.40. The lowest BCUT2D eigenvalue weighted by Crippen LogP contribution is -2.19. The van der Waals surface area contributed by atoms with E-state index in [0.29, 0.717) is 12.2 Å². The van der Waals surface area contributed by atoms with Crippen molar-refractivity contribution in [3.8, 4) is 5.75 Å². The third kappa shape index (κ3) is 3.58. The minimum absolute atomic E-state index is 0.634. The summed E-state index contributed by atoms with van der Waals surface area (Å²) >= 11 is 0. The van der Waals surface area contributed by atoms with Crippen molar-refractivity contribution in [1.29, 1.82) is 0 Å². The van der Waals surface area contributed by atoms with Gasteiger partial charge in [0.15, 0.2) is 0 Å². The first-order valence-electron chi connectivity index (χ1n) is 4.55. The van der Waals surface area contributed by atoms with Crippen LogP contribution in [0.3, 0.4) is 0 Å². The molecule has 3 nitrogen and oxygen atoms in total. The number of nitrogens with zero attached hydrogens (tertiary/aromatic N) is 1. The van der Waals surface area contributed by atoms with E-state index in [2.05, 4.69) is 0 Å². The summed E-state index contributed by atoms with van der Waals surface area (Å²) in [6.07, 6.45) is 0.818. The molecule has 0 amide bonds. The molecule has 1 aromatic rings. The largest absolute Gasteiger partial charge is 0.492 e. The van der Waals surface area contributed by atoms with E-state index in [-0.39, 0.29) is 0 Å². The molecule has 0 saturated heterocycles. The zero-order valence-corrected chi connectivity index (χ0v) is 8.56. The Morgan fingerprint density at radius 2 is 2.21 bits per heavy atom. The van der Waals surface area contributed by atoms with Crippen LogP contribution < -0.4 is 4.74 Å². The molecule has 1 aromatic carbocycles. The Hall–Kier alpha value is -1.35. The van der Waals surface area contributed by atoms with Gasteiger partial charge in [-0.3, -0.25) is 4.79 Å². The normalized spacial score (nSPS) is 10.2. The second-order valence-electron chi connectivity index (χ2n) is 3.34. The summed E-state index contributed by atoms with van der Waals surface area (Å²) in [5.41, 5.74) is 0.646. The van der Waals surface area contributed by atoms with Crippen LogP contribution in [0.15, 0.2) is 24.3 Å². The third-order valence-electron chi connectivity index (χ3n) is 1.80. The standard InChI is InChI=1S/C11H15NO2/c1-12(2)6-7-14-11-5-3-4-10(8-11)9-13/h3-5,8-9H,6-7H2,1-2H3. The fourth-order valence-corrected chi connectivity index (χ4v) is 1.02. The minimum atomic E-state index is 0.634. The number of likely N-dealkylation sites (N-methyl/N-ethyl adjacent to an activating group) is 1. The number of ether oxygens (including phenoxy) is 1. The van der Waals surface area contributed by atoms with Gasteiger partial charge in [0.1, 0.15) is 18.6 Å². The second-order valence-corrected chi connectivity index (χ2v) is 3.34. The van der Waals surface area contributed by atoms with Gasteiger partial charge in [0.25, 0.3) is 0 Å². The molecule has 3 heteroatoms. The van der Waals surface area contributed by atoms with Crippen molar-refractivity contribution in [3.63, 3.8) is 0 Å². The molecule has 0 heterocycles. The molecule has 0 N–H and O–H groups in total. The Morgan fingerprint density at radius 1 is 1.43 bits per heavy atom. The van der Waals surface area contributed by atoms with Crippen molar-refractivity contribution < 1.29 is 9.53 Å². The van der Waals surface area contributed by atoms with Crippen LogP contribution in [0.5, 0.6) is 5.75 Å². The molecule has 0 aliphatic carbocycles. The van der Waals surface area contributed by atoms with Gasteiger partial charge in [0.05, 0.1) is 0 Å². The summed E-state index contributed by atoms with van der Waals surface area (Å²) in [6, 6.07) is 7.16. The SMILES string of the molecule is CN(C)CCOc1cccc(C=O)c1. The van der Waals surface area contributed by atoms with E-state index < -0.39 is 0 Å². The smallest absolute Gasteiger partial charge is 0.150 e. The number of rotatable bonds is 5. The van der Waals surface area contributed by atoms with E-state index in [4.69, 9.17) is 4.74 Å². The van der Waals surface area contributed by atoms with Gasteiger partial charge in [0.2, 0.25) is 0 Å². The van der Waals surface area contributed by atoms with Crippen LogP contribution in [0, 0.1) is 0 Å². The van der Waals surface area contributed by atoms with E-state index in [1.165, 1.54) is 0 Å². The summed E-state index contributed by atoms with van der Waals surface area (Å²) in [5.74, 6) is 0.747. The van der Waals surface area contributed by atoms with Gasteiger partial charge in [-0.2, -0.15) is 0 Å². The van der Waals surface area contributed by atoms with Gasteiger partial charge in [-0.25, -0.2) is 0 Å². The lowest BCUT2D eigenvalue weighted by Gasteiger charge is -2.10. The first-order chi connectivity index (χ1) is 6.72. The topological polar surface area (TPSA) is 29.5 Å². The zero-order valence-electron chi connectivity index (χ0n) is 8.56. The van der Waals surface area contributed by atoms with E-state index in [9.17, 15) is 4.79 Å². The number of hydrogen-bond donors (Lipinski definition) is 0. The number of benzene rings is 1. The van der Waals surface area contributed by atoms with Crippen LogP contribution in [-0.2, 0) is 0 Å². The van der Waals surface area contributed by atoms with Gasteiger partial charge in [0, 0.05) is 12.1 Å². The number of carbonyl (C=O) groups excluding carboxylic acids is 1. The Labute approximate surface area is 84.3 Å². The molecule has 0 saturated carbocycles. The summed E-state index contributed by atoms with van der Waals surface area (Å²) in [4.78, 5) is 12.5. The van der Waals surface area contributed by atoms with Crippen molar-refractivity contribution in [2.45, 2.75) is 0 Å². The predicted octanol–water partition coefficient (Wildman–Crippen LogP) is 1.44. The Morgan fingerprint density at radius 3 is 2.86 bits per heavy atom. The van der Waals surface area contributed by atoms with E-state index >= 15 is 0 Å². The highest BCUT2D eigenvalue weighted by Gasteiger charge is 1.96. The van der Waals surface area contributed by atoms with Crippen molar-refractivity contribution in [2.24, 2.45) is 0 Å². The Balaban J connectivity index is 2.46. The van der Waals surface area contributed by atoms with Crippen LogP contribution in [-0.4, -0.2) is 38.4 Å². The molecule has 0 atom stereocenters. The van der Waals surface area contributed by atoms with Crippen LogP contribution >= 0.6 is 0 Å². The van der Waals surface area contributed by atoms with Gasteiger partial charge in [-0.1, -0.05) is 12.1 Å². The quantitative estimate of drug-likeness (QED) is 0.663. The van der Waals surface area contributed by atoms with Crippen LogP contribution in [0.1, 0.15) is 10.4 Å². The van der Waals surface area contributed by atoms with Gasteiger partial charge in [-0.15, -0.1) is 0 Å². The summed E-state index contributed by atoms with van der Waals surface area (Å²) < 4.78 is 5.46. The van der Waals surface area contributed by atoms with E-state index in [1.807, 2.05) is 31.1 Å². The van der Waals surface area contributed by atoms with Gasteiger partial charge < -0.3 is 9.64 Å². The average Bonchev–Trinajstić information content (AvgIpc) is 2.18. The molecule has 0 spiro atoms. The summed E-state index contributed by atoms with van der Waals surface area (Å²) in [7, 11) is 3.98. The van der Waals surface area contributed by atoms with Gasteiger partial charge in [-0.05, 0) is 26.2 Å². The molecule has 0 aliphatic heterocycles. The molecule has 0 unspecified atom stereocenters. The van der Waals surface area contributed by atoms with Crippen LogP contribution in [0.25, 0.3) is 0 Å². The fraction of sp³-hybridized carbons (Fsp3) is 0.364. The zero-order chi connectivity index (χ0) is 10.4. The summed E-state index contributed by atoms with van der Waals surface area (Å²) in [5, 5.41) is 0. The predicted molar refractivity (Wildman–Crippen MR) is 55.9 cm³/mol. The van der Waals surface area contributed by atoms with Crippen LogP contribution in [0.4, 0.5) is 0 Å². The fourth-order valence-electron chi connectivity index (χ4n) is 1.02. The molecule has 0 aromatic heterocycles. The molecular formula is C11H15NO2. The first-order valence-corrected chi connectivity index (χ1v) is 4.55. The molecular weight excluding hydrogens is 178 g/mol. The Bertz CT molecular complexity index is 297. The monoisotopic (exact) mass is 193 g/mol. The van der Waals surface area contributed by atoms with Crippen LogP contribution in [0.2, 0.25) is 0 Å². The van der Waals surface area contributed by atoms with Crippen molar-refractivity contribution in [3.05, 3.63) is 29.8 Å². The van der Waals surface area contributed by atoms with Crippen molar-refractivity contribution in [1.82, 2.24) is 4.90 Å². The molecule has 0 radical (unpaired) electrons. The minimum Gasteiger partial charge on any atom is -0.492 e. The summed E-state index contributed by atoms with van der Waals surface area (Å²) in [6.45, 7) is 1.50. The maximum absolute atomic E-state index is 10.5. The third-order valence-corrected chi connectivity index (χ3v) is 1.80. The van der Waals surface area contributed by atoms with Crippen molar-refractivity contribution >= 4 is 6.29 Å². The van der Waals surface area contributed by atoms with E-state index in [0.717, 1.165) is 18.6 Å². The number of aldehydes is 1. The highest BCUT2D eigenvalue weighted by atomic mass is 16.5. The average molecular weight is 193 g/mol. The molecule has 76 valence electrons. The first kappa shape index (κ1) is 10.7. The molecule has 14 heavy (non-hydrogen) atoms. The van der Waals surface area contributed by atoms with Gasteiger partial charge >= 0.3 is 0 Å².